The van der Waals surface area contributed by atoms with Crippen molar-refractivity contribution < 1.29 is 33.6 Å². The fourth-order valence-electron chi connectivity index (χ4n) is 4.83. The number of carbonyl (C=O) groups excluding carboxylic acids is 7. The molecule has 14 nitrogen and oxygen atoms in total. The number of unbranched alkanes of at least 4 members (excludes halogenated alkanes) is 1. The van der Waals surface area contributed by atoms with Gasteiger partial charge in [-0.15, -0.1) is 0 Å². The normalized spacial score (nSPS) is 13.6. The topological polar surface area (TPSA) is 260 Å². The zero-order chi connectivity index (χ0) is 34.6. The third-order valence-corrected chi connectivity index (χ3v) is 7.44. The highest BCUT2D eigenvalue weighted by Crippen LogP contribution is 2.18. The summed E-state index contributed by atoms with van der Waals surface area (Å²) >= 11 is 0. The van der Waals surface area contributed by atoms with Crippen molar-refractivity contribution >= 4 is 41.1 Å². The Balaban J connectivity index is 3.09. The second-order valence-electron chi connectivity index (χ2n) is 11.7. The lowest BCUT2D eigenvalue weighted by Crippen LogP contribution is -2.49. The molecule has 256 valence electrons. The molecule has 1 aromatic rings. The third kappa shape index (κ3) is 15.7. The van der Waals surface area contributed by atoms with E-state index in [0.29, 0.717) is 32.4 Å². The molecule has 0 bridgehead atoms. The number of amides is 5. The number of hydrogen-bond donors (Lipinski definition) is 7. The number of rotatable bonds is 24. The van der Waals surface area contributed by atoms with E-state index in [4.69, 9.17) is 22.9 Å². The Bertz CT molecular complexity index is 1180. The molecule has 0 aliphatic heterocycles. The Morgan fingerprint density at radius 1 is 0.696 bits per heavy atom. The predicted molar refractivity (Wildman–Crippen MR) is 172 cm³/mol. The number of nitrogens with two attached hydrogens (primary N) is 4. The number of Topliss-reactive ketones (excluding diaryl/α,β-unsaturated/α-hetero) is 2. The Kier molecular flexibility index (Phi) is 18.7. The minimum absolute atomic E-state index is 0.144. The van der Waals surface area contributed by atoms with Crippen molar-refractivity contribution in [3.8, 4) is 0 Å². The number of carbonyl (C=O) groups is 7. The molecular formula is C32H51N7O7. The van der Waals surface area contributed by atoms with Crippen LogP contribution in [-0.4, -0.2) is 72.3 Å². The van der Waals surface area contributed by atoms with Crippen molar-refractivity contribution in [3.05, 3.63) is 35.9 Å². The lowest BCUT2D eigenvalue weighted by atomic mass is 9.90. The number of benzene rings is 1. The SMILES string of the molecule is CC(C)C(NC(=O)CCC(=O)[C@H](CC(N)=O)NC(=O)[C@H](CCCCN)CC(=O)[C@H](Cc1ccccc1)NC(=O)CCCN)C(N)=O. The van der Waals surface area contributed by atoms with Crippen LogP contribution >= 0.6 is 0 Å². The molecular weight excluding hydrogens is 594 g/mol. The Morgan fingerprint density at radius 3 is 1.89 bits per heavy atom. The molecule has 0 saturated carbocycles. The lowest BCUT2D eigenvalue weighted by molar-refractivity contribution is -0.135. The van der Waals surface area contributed by atoms with Crippen LogP contribution in [0.2, 0.25) is 0 Å². The summed E-state index contributed by atoms with van der Waals surface area (Å²) in [7, 11) is 0. The minimum Gasteiger partial charge on any atom is -0.370 e. The highest BCUT2D eigenvalue weighted by molar-refractivity contribution is 5.97. The van der Waals surface area contributed by atoms with Gasteiger partial charge in [0.1, 0.15) is 6.04 Å². The summed E-state index contributed by atoms with van der Waals surface area (Å²) in [5, 5.41) is 7.82. The van der Waals surface area contributed by atoms with E-state index in [1.54, 1.807) is 13.8 Å². The minimum atomic E-state index is -1.34. The summed E-state index contributed by atoms with van der Waals surface area (Å²) < 4.78 is 0. The van der Waals surface area contributed by atoms with E-state index in [0.717, 1.165) is 5.56 Å². The van der Waals surface area contributed by atoms with Gasteiger partial charge < -0.3 is 38.9 Å². The van der Waals surface area contributed by atoms with Crippen molar-refractivity contribution in [1.29, 1.82) is 0 Å². The van der Waals surface area contributed by atoms with Crippen molar-refractivity contribution in [1.82, 2.24) is 16.0 Å². The molecule has 1 rings (SSSR count). The summed E-state index contributed by atoms with van der Waals surface area (Å²) in [4.78, 5) is 88.5. The Hall–Kier alpha value is -4.17. The van der Waals surface area contributed by atoms with Crippen LogP contribution in [0.4, 0.5) is 0 Å². The summed E-state index contributed by atoms with van der Waals surface area (Å²) in [6.45, 7) is 4.09. The molecule has 0 saturated heterocycles. The van der Waals surface area contributed by atoms with E-state index >= 15 is 0 Å². The van der Waals surface area contributed by atoms with Crippen LogP contribution in [0.1, 0.15) is 77.2 Å². The van der Waals surface area contributed by atoms with Crippen molar-refractivity contribution in [2.45, 2.75) is 96.2 Å². The first-order valence-corrected chi connectivity index (χ1v) is 15.7. The van der Waals surface area contributed by atoms with E-state index < -0.39 is 59.9 Å². The van der Waals surface area contributed by atoms with Crippen LogP contribution < -0.4 is 38.9 Å². The van der Waals surface area contributed by atoms with Gasteiger partial charge in [-0.05, 0) is 50.3 Å². The van der Waals surface area contributed by atoms with Gasteiger partial charge in [0, 0.05) is 31.6 Å². The average molecular weight is 646 g/mol. The van der Waals surface area contributed by atoms with Gasteiger partial charge in [0.05, 0.1) is 18.5 Å². The Morgan fingerprint density at radius 2 is 1.33 bits per heavy atom. The lowest BCUT2D eigenvalue weighted by Gasteiger charge is -2.24. The van der Waals surface area contributed by atoms with Gasteiger partial charge in [-0.3, -0.25) is 33.6 Å². The summed E-state index contributed by atoms with van der Waals surface area (Å²) in [5.41, 5.74) is 22.7. The largest absolute Gasteiger partial charge is 0.370 e. The molecule has 4 atom stereocenters. The highest BCUT2D eigenvalue weighted by atomic mass is 16.2. The first-order valence-electron chi connectivity index (χ1n) is 15.7. The second kappa shape index (κ2) is 21.5. The van der Waals surface area contributed by atoms with Gasteiger partial charge in [0.15, 0.2) is 11.6 Å². The molecule has 1 unspecified atom stereocenters. The smallest absolute Gasteiger partial charge is 0.240 e. The molecule has 11 N–H and O–H groups in total. The summed E-state index contributed by atoms with van der Waals surface area (Å²) in [6.07, 6.45) is 0.743. The van der Waals surface area contributed by atoms with Gasteiger partial charge in [-0.1, -0.05) is 50.6 Å². The second-order valence-corrected chi connectivity index (χ2v) is 11.7. The molecule has 0 aliphatic carbocycles. The molecule has 0 heterocycles. The first kappa shape index (κ1) is 39.9. The van der Waals surface area contributed by atoms with Crippen molar-refractivity contribution in [2.24, 2.45) is 34.8 Å². The van der Waals surface area contributed by atoms with Gasteiger partial charge in [-0.25, -0.2) is 0 Å². The van der Waals surface area contributed by atoms with Gasteiger partial charge in [0.2, 0.25) is 29.5 Å². The van der Waals surface area contributed by atoms with Gasteiger partial charge >= 0.3 is 0 Å². The molecule has 0 radical (unpaired) electrons. The van der Waals surface area contributed by atoms with E-state index in [9.17, 15) is 33.6 Å². The molecule has 0 spiro atoms. The third-order valence-electron chi connectivity index (χ3n) is 7.44. The molecule has 1 aromatic carbocycles. The first-order chi connectivity index (χ1) is 21.8. The molecule has 0 fully saturated rings. The van der Waals surface area contributed by atoms with Crippen LogP contribution in [-0.2, 0) is 40.0 Å². The van der Waals surface area contributed by atoms with Crippen LogP contribution in [0.5, 0.6) is 0 Å². The maximum atomic E-state index is 13.6. The number of ketones is 2. The highest BCUT2D eigenvalue weighted by Gasteiger charge is 2.31. The maximum absolute atomic E-state index is 13.6. The van der Waals surface area contributed by atoms with E-state index in [2.05, 4.69) is 16.0 Å². The van der Waals surface area contributed by atoms with Crippen LogP contribution in [0.3, 0.4) is 0 Å². The zero-order valence-electron chi connectivity index (χ0n) is 26.9. The number of nitrogens with one attached hydrogen (secondary N) is 3. The standard InChI is InChI=1S/C32H51N7O7/c1-20(2)30(31(36)45)39-29(44)14-13-25(40)24(19-27(35)42)38-32(46)22(11-6-7-15-33)18-26(41)23(37-28(43)12-8-16-34)17-21-9-4-3-5-10-21/h3-5,9-10,20,22-24,30H,6-8,11-19,33-34H2,1-2H3,(H2,35,42)(H2,36,45)(H,37,43)(H,38,46)(H,39,44)/t22-,23+,24+,30?/m1/s1. The van der Waals surface area contributed by atoms with E-state index in [-0.39, 0.29) is 56.1 Å². The van der Waals surface area contributed by atoms with Crippen molar-refractivity contribution in [3.63, 3.8) is 0 Å². The van der Waals surface area contributed by atoms with E-state index in [1.165, 1.54) is 0 Å². The van der Waals surface area contributed by atoms with Gasteiger partial charge in [-0.2, -0.15) is 0 Å². The van der Waals surface area contributed by atoms with E-state index in [1.807, 2.05) is 30.3 Å². The fraction of sp³-hybridized carbons (Fsp3) is 0.594. The maximum Gasteiger partial charge on any atom is 0.240 e. The van der Waals surface area contributed by atoms with Crippen LogP contribution in [0, 0.1) is 11.8 Å². The zero-order valence-corrected chi connectivity index (χ0v) is 26.9. The summed E-state index contributed by atoms with van der Waals surface area (Å²) in [5.74, 6) is -5.31. The molecule has 46 heavy (non-hydrogen) atoms. The van der Waals surface area contributed by atoms with Gasteiger partial charge in [0.25, 0.3) is 0 Å². The van der Waals surface area contributed by atoms with Crippen LogP contribution in [0.25, 0.3) is 0 Å². The Labute approximate surface area is 270 Å². The summed E-state index contributed by atoms with van der Waals surface area (Å²) in [6, 6.07) is 5.95. The predicted octanol–water partition coefficient (Wildman–Crippen LogP) is -0.507. The quantitative estimate of drug-likeness (QED) is 0.0713. The molecule has 14 heteroatoms. The van der Waals surface area contributed by atoms with Crippen LogP contribution in [0.15, 0.2) is 30.3 Å². The molecule has 0 aromatic heterocycles. The molecule has 5 amide bonds. The molecule has 0 aliphatic rings. The van der Waals surface area contributed by atoms with Crippen molar-refractivity contribution in [2.75, 3.05) is 13.1 Å². The average Bonchev–Trinajstić information content (AvgIpc) is 3.00. The monoisotopic (exact) mass is 645 g/mol. The number of primary amides is 2. The number of hydrogen-bond acceptors (Lipinski definition) is 9. The fourth-order valence-corrected chi connectivity index (χ4v) is 4.83.